The Morgan fingerprint density at radius 3 is 1.29 bits per heavy atom. The number of methoxy groups -OCH3 is 1. The van der Waals surface area contributed by atoms with E-state index in [2.05, 4.69) is 99.5 Å². The van der Waals surface area contributed by atoms with Gasteiger partial charge in [-0.05, 0) is 116 Å². The van der Waals surface area contributed by atoms with Gasteiger partial charge < -0.3 is 60.9 Å². The maximum Gasteiger partial charge on any atom is 1.00 e. The number of benzene rings is 3. The number of aryl methyl sites for hydroxylation is 3. The van der Waals surface area contributed by atoms with Crippen molar-refractivity contribution in [1.29, 1.82) is 0 Å². The van der Waals surface area contributed by atoms with Gasteiger partial charge in [0.05, 0.1) is 87.8 Å². The van der Waals surface area contributed by atoms with Gasteiger partial charge in [-0.3, -0.25) is 32.0 Å². The van der Waals surface area contributed by atoms with Crippen molar-refractivity contribution in [3.05, 3.63) is 181 Å². The smallest absolute Gasteiger partial charge is 0.870 e. The van der Waals surface area contributed by atoms with Crippen LogP contribution in [0.25, 0.3) is 39.5 Å². The number of halogens is 5. The molecule has 1 fully saturated rings. The standard InChI is InChI=1S/C24H25FN6O2.C23H23FN6O3.C18H18BrFN4O.C12H19BN2O4.ClH.H3N.Na.H2O/c1-13(2)20-12-31-23(28-20)17(21-9-19(14(3)32)29-30(21)4)11-27-24(31)26-10-16-15-7-8-33-22(15)6-5-18(16)25;1-12(2)18-11-30-21(27-18)15(19-8-17(22(31)32)28-29(19)3)10-26-23(30)25-9-14-13-6-7-33-20(13)5-4-16(14)24;1-10(2)15-9-24-17(23-15)13(19)8-22-18(24)21-7-12-11-5-6-25-16(11)4-3-14(12)20;1-11(2)12(3,4)19-13(18-11)9-7-8(10(16)17-6)14-15(9)5;;;;/h5-6,9,11-13H,7-8,10H2,1-4H3,(H,26,27);4-5,8,10-12H,6-7,9H2,1-3H3,(H,25,26)(H,31,32);3-4,8-10H,5-7H2,1-2H3,(H,21,22);7H,1-6H3;1H;1H3;;1H2/q;;;;;;+1;/p-1. The maximum absolute atomic E-state index is 14.6. The second-order valence-electron chi connectivity index (χ2n) is 28.9. The number of ketones is 1. The van der Waals surface area contributed by atoms with Crippen LogP contribution < -0.4 is 71.5 Å². The van der Waals surface area contributed by atoms with E-state index in [0.717, 1.165) is 78.8 Å². The molecule has 0 amide bonds. The van der Waals surface area contributed by atoms with E-state index < -0.39 is 30.3 Å². The Kier molecular flexibility index (Phi) is 27.6. The Morgan fingerprint density at radius 2 is 0.930 bits per heavy atom. The van der Waals surface area contributed by atoms with Gasteiger partial charge in [0, 0.05) is 138 Å². The Hall–Kier alpha value is -9.98. The minimum atomic E-state index is -1.10. The van der Waals surface area contributed by atoms with Gasteiger partial charge in [-0.25, -0.2) is 52.7 Å². The van der Waals surface area contributed by atoms with Gasteiger partial charge in [0.1, 0.15) is 40.4 Å². The van der Waals surface area contributed by atoms with E-state index in [9.17, 15) is 32.7 Å². The number of hydrogen-bond acceptors (Lipinski definition) is 23. The predicted octanol–water partition coefficient (Wildman–Crippen LogP) is 10.00. The number of carboxylic acid groups (broad SMARTS) is 1. The van der Waals surface area contributed by atoms with Crippen LogP contribution in [0, 0.1) is 17.5 Å². The Labute approximate surface area is 692 Å². The molecule has 4 aliphatic heterocycles. The Balaban J connectivity index is 0.000000176. The molecule has 4 aliphatic rings. The van der Waals surface area contributed by atoms with Crippen molar-refractivity contribution in [1.82, 2.24) is 78.6 Å². The number of rotatable bonds is 18. The van der Waals surface area contributed by atoms with E-state index in [0.29, 0.717) is 113 Å². The second kappa shape index (κ2) is 35.8. The van der Waals surface area contributed by atoms with E-state index in [4.69, 9.17) is 33.5 Å². The van der Waals surface area contributed by atoms with E-state index in [1.807, 2.05) is 73.3 Å². The summed E-state index contributed by atoms with van der Waals surface area (Å²) < 4.78 is 87.8. The summed E-state index contributed by atoms with van der Waals surface area (Å²) in [6.45, 7) is 24.4. The summed E-state index contributed by atoms with van der Waals surface area (Å²) in [6.07, 6.45) is 12.9. The number of esters is 1. The first-order chi connectivity index (χ1) is 52.4. The number of Topliss-reactive ketones (excluding diaryl/α,β-unsaturated/α-hetero) is 1. The van der Waals surface area contributed by atoms with Crippen molar-refractivity contribution < 1.29 is 96.0 Å². The molecular formula is C77H90BBrClF3N19NaO11. The first-order valence-corrected chi connectivity index (χ1v) is 36.8. The molecule has 0 spiro atoms. The largest absolute Gasteiger partial charge is 1.00 e. The molecule has 3 aromatic carbocycles. The van der Waals surface area contributed by atoms with Gasteiger partial charge in [0.25, 0.3) is 0 Å². The van der Waals surface area contributed by atoms with Crippen molar-refractivity contribution in [2.45, 2.75) is 144 Å². The zero-order valence-electron chi connectivity index (χ0n) is 66.2. The molecule has 9 aromatic heterocycles. The summed E-state index contributed by atoms with van der Waals surface area (Å²) in [6, 6.07) is 14.2. The quantitative estimate of drug-likeness (QED) is 0.0303. The molecule has 16 rings (SSSR count). The number of ether oxygens (including phenoxy) is 4. The fourth-order valence-electron chi connectivity index (χ4n) is 13.2. The summed E-state index contributed by atoms with van der Waals surface area (Å²) in [7, 11) is 5.99. The van der Waals surface area contributed by atoms with Crippen LogP contribution in [0.4, 0.5) is 31.0 Å². The average molecular weight is 1660 g/mol. The number of carbonyl (C=O) groups is 3. The number of nitrogens with one attached hydrogen (secondary N) is 3. The summed E-state index contributed by atoms with van der Waals surface area (Å²) in [5.74, 6) is 2.15. The van der Waals surface area contributed by atoms with Crippen LogP contribution in [-0.2, 0) is 74.1 Å². The monoisotopic (exact) mass is 1660 g/mol. The fourth-order valence-corrected chi connectivity index (χ4v) is 13.5. The first-order valence-electron chi connectivity index (χ1n) is 36.0. The number of fused-ring (bicyclic) bond motifs is 6. The Bertz CT molecular complexity index is 5340. The summed E-state index contributed by atoms with van der Waals surface area (Å²) in [5, 5.41) is 31.6. The third-order valence-corrected chi connectivity index (χ3v) is 20.6. The molecule has 114 heavy (non-hydrogen) atoms. The van der Waals surface area contributed by atoms with E-state index in [1.165, 1.54) is 43.0 Å². The number of carbonyl (C=O) groups excluding carboxylic acids is 2. The molecule has 0 atom stereocenters. The average Bonchev–Trinajstić information content (AvgIpc) is 1.60. The molecule has 0 bridgehead atoms. The van der Waals surface area contributed by atoms with Crippen molar-refractivity contribution in [3.8, 4) is 39.8 Å². The van der Waals surface area contributed by atoms with Gasteiger partial charge in [-0.2, -0.15) is 15.3 Å². The van der Waals surface area contributed by atoms with Crippen LogP contribution >= 0.6 is 28.3 Å². The minimum absolute atomic E-state index is 0. The van der Waals surface area contributed by atoms with Gasteiger partial charge in [0.2, 0.25) is 17.8 Å². The zero-order chi connectivity index (χ0) is 78.5. The van der Waals surface area contributed by atoms with Gasteiger partial charge in [-0.1, -0.05) is 41.5 Å². The van der Waals surface area contributed by atoms with Crippen LogP contribution in [-0.4, -0.2) is 146 Å². The summed E-state index contributed by atoms with van der Waals surface area (Å²) in [5.41, 5.74) is 12.5. The normalized spacial score (nSPS) is 13.8. The maximum atomic E-state index is 14.6. The number of aromatic nitrogens is 15. The van der Waals surface area contributed by atoms with E-state index in [-0.39, 0.29) is 113 Å². The van der Waals surface area contributed by atoms with Gasteiger partial charge in [0.15, 0.2) is 34.1 Å². The number of anilines is 3. The molecule has 37 heteroatoms. The van der Waals surface area contributed by atoms with E-state index in [1.54, 1.807) is 79.4 Å². The first kappa shape index (κ1) is 88.0. The van der Waals surface area contributed by atoms with Gasteiger partial charge >= 0.3 is 48.6 Å². The van der Waals surface area contributed by atoms with Crippen molar-refractivity contribution in [3.63, 3.8) is 0 Å². The number of carboxylic acids is 1. The van der Waals surface area contributed by atoms with Crippen molar-refractivity contribution in [2.24, 2.45) is 21.1 Å². The predicted molar refractivity (Wildman–Crippen MR) is 424 cm³/mol. The zero-order valence-corrected chi connectivity index (χ0v) is 70.6. The minimum Gasteiger partial charge on any atom is -0.870 e. The third kappa shape index (κ3) is 17.8. The molecule has 0 aliphatic carbocycles. The third-order valence-electron chi connectivity index (χ3n) is 20.0. The van der Waals surface area contributed by atoms with Crippen LogP contribution in [0.1, 0.15) is 176 Å². The van der Waals surface area contributed by atoms with Crippen LogP contribution in [0.3, 0.4) is 0 Å². The summed E-state index contributed by atoms with van der Waals surface area (Å²) >= 11 is 3.49. The van der Waals surface area contributed by atoms with Crippen LogP contribution in [0.15, 0.2) is 96.3 Å². The Morgan fingerprint density at radius 1 is 0.570 bits per heavy atom. The van der Waals surface area contributed by atoms with Crippen LogP contribution in [0.5, 0.6) is 17.2 Å². The van der Waals surface area contributed by atoms with Crippen molar-refractivity contribution in [2.75, 3.05) is 42.9 Å². The van der Waals surface area contributed by atoms with E-state index >= 15 is 0 Å². The topological polar surface area (TPSA) is 372 Å². The van der Waals surface area contributed by atoms with Crippen molar-refractivity contribution >= 4 is 93.6 Å². The number of nitrogens with zero attached hydrogens (tertiary/aromatic N) is 15. The number of aromatic carboxylic acids is 1. The van der Waals surface area contributed by atoms with Gasteiger partial charge in [-0.15, -0.1) is 12.4 Å². The summed E-state index contributed by atoms with van der Waals surface area (Å²) in [4.78, 5) is 62.5. The molecular weight excluding hydrogens is 1570 g/mol. The second-order valence-corrected chi connectivity index (χ2v) is 29.8. The molecule has 13 heterocycles. The SMILES string of the molecule is CC(=O)c1cc(-c2cnc(NCc3c(F)ccc4c3CCO4)n3cc(C(C)C)nc23)n(C)n1.CC(C)c1cn2c(NCc3c(F)ccc4c3CCO4)ncc(-c3cc(C(=O)O)nn3C)c2n1.CC(C)c1cn2c(NCc3c(F)ccc4c3CCO4)ncc(Br)c2n1.COC(=O)c1cc(B2OC(C)(C)C(C)(C)O2)n(C)n1.Cl.N.[Na+].[OH-]. The number of imidazole rings is 3. The molecule has 0 saturated carbocycles. The molecule has 8 N–H and O–H groups in total. The molecule has 1 saturated heterocycles. The number of hydrogen-bond donors (Lipinski definition) is 5. The molecule has 12 aromatic rings. The molecule has 598 valence electrons. The molecule has 0 radical (unpaired) electrons. The fraction of sp³-hybridized carbons (Fsp3) is 0.377. The molecule has 30 nitrogen and oxygen atoms in total. The molecule has 0 unspecified atom stereocenters. The van der Waals surface area contributed by atoms with Crippen LogP contribution in [0.2, 0.25) is 0 Å².